The van der Waals surface area contributed by atoms with Crippen LogP contribution in [0.25, 0.3) is 0 Å². The SMILES string of the molecule is NNc1cc(OCC(F)(F)F)ccn1. The smallest absolute Gasteiger partial charge is 0.422 e. The Labute approximate surface area is 77.9 Å². The van der Waals surface area contributed by atoms with Gasteiger partial charge in [-0.25, -0.2) is 10.8 Å². The van der Waals surface area contributed by atoms with Crippen LogP contribution in [-0.4, -0.2) is 17.8 Å². The summed E-state index contributed by atoms with van der Waals surface area (Å²) < 4.78 is 39.7. The predicted octanol–water partition coefficient (Wildman–Crippen LogP) is 1.31. The topological polar surface area (TPSA) is 60.2 Å². The monoisotopic (exact) mass is 207 g/mol. The molecule has 0 fully saturated rings. The fourth-order valence-electron chi connectivity index (χ4n) is 0.745. The molecule has 0 aromatic carbocycles. The van der Waals surface area contributed by atoms with Gasteiger partial charge in [-0.05, 0) is 6.07 Å². The molecule has 0 amide bonds. The number of hydrogen-bond acceptors (Lipinski definition) is 4. The van der Waals surface area contributed by atoms with Crippen molar-refractivity contribution in [3.63, 3.8) is 0 Å². The summed E-state index contributed by atoms with van der Waals surface area (Å²) in [5, 5.41) is 0. The fourth-order valence-corrected chi connectivity index (χ4v) is 0.745. The van der Waals surface area contributed by atoms with Gasteiger partial charge < -0.3 is 10.2 Å². The minimum Gasteiger partial charge on any atom is -0.484 e. The van der Waals surface area contributed by atoms with Crippen molar-refractivity contribution in [3.05, 3.63) is 18.3 Å². The van der Waals surface area contributed by atoms with Gasteiger partial charge in [0.25, 0.3) is 0 Å². The van der Waals surface area contributed by atoms with Gasteiger partial charge >= 0.3 is 6.18 Å². The Morgan fingerprint density at radius 1 is 1.50 bits per heavy atom. The summed E-state index contributed by atoms with van der Waals surface area (Å²) in [5.41, 5.74) is 2.19. The first-order valence-electron chi connectivity index (χ1n) is 3.63. The highest BCUT2D eigenvalue weighted by atomic mass is 19.4. The molecule has 1 heterocycles. The second-order valence-corrected chi connectivity index (χ2v) is 2.42. The Balaban J connectivity index is 2.59. The highest BCUT2D eigenvalue weighted by molar-refractivity contribution is 5.39. The first-order valence-corrected chi connectivity index (χ1v) is 3.63. The van der Waals surface area contributed by atoms with Crippen LogP contribution in [0.2, 0.25) is 0 Å². The molecule has 4 nitrogen and oxygen atoms in total. The van der Waals surface area contributed by atoms with E-state index in [9.17, 15) is 13.2 Å². The molecule has 0 saturated carbocycles. The number of hydrogen-bond donors (Lipinski definition) is 2. The van der Waals surface area contributed by atoms with Gasteiger partial charge in [-0.3, -0.25) is 0 Å². The third kappa shape index (κ3) is 3.48. The largest absolute Gasteiger partial charge is 0.484 e. The van der Waals surface area contributed by atoms with Crippen molar-refractivity contribution < 1.29 is 17.9 Å². The van der Waals surface area contributed by atoms with Crippen LogP contribution in [0.15, 0.2) is 18.3 Å². The molecule has 0 atom stereocenters. The van der Waals surface area contributed by atoms with Crippen LogP contribution in [0.1, 0.15) is 0 Å². The summed E-state index contributed by atoms with van der Waals surface area (Å²) >= 11 is 0. The van der Waals surface area contributed by atoms with Gasteiger partial charge in [-0.2, -0.15) is 13.2 Å². The van der Waals surface area contributed by atoms with Crippen molar-refractivity contribution in [2.75, 3.05) is 12.0 Å². The molecule has 0 unspecified atom stereocenters. The minimum absolute atomic E-state index is 0.0604. The predicted molar refractivity (Wildman–Crippen MR) is 43.6 cm³/mol. The van der Waals surface area contributed by atoms with E-state index in [0.717, 1.165) is 0 Å². The molecule has 78 valence electrons. The molecular formula is C7H8F3N3O. The molecule has 1 aromatic rings. The summed E-state index contributed by atoms with van der Waals surface area (Å²) in [6, 6.07) is 2.58. The first kappa shape index (κ1) is 10.6. The van der Waals surface area contributed by atoms with Gasteiger partial charge in [-0.15, -0.1) is 0 Å². The first-order chi connectivity index (χ1) is 6.51. The van der Waals surface area contributed by atoms with E-state index in [1.165, 1.54) is 18.3 Å². The Bertz CT molecular complexity index is 302. The molecule has 14 heavy (non-hydrogen) atoms. The van der Waals surface area contributed by atoms with Crippen LogP contribution in [-0.2, 0) is 0 Å². The molecule has 0 aliphatic carbocycles. The third-order valence-electron chi connectivity index (χ3n) is 1.28. The number of anilines is 1. The average molecular weight is 207 g/mol. The van der Waals surface area contributed by atoms with Crippen molar-refractivity contribution in [3.8, 4) is 5.75 Å². The summed E-state index contributed by atoms with van der Waals surface area (Å²) in [7, 11) is 0. The van der Waals surface area contributed by atoms with E-state index in [4.69, 9.17) is 5.84 Å². The summed E-state index contributed by atoms with van der Waals surface area (Å²) in [5.74, 6) is 5.31. The average Bonchev–Trinajstić information content (AvgIpc) is 2.14. The van der Waals surface area contributed by atoms with Crippen molar-refractivity contribution in [1.29, 1.82) is 0 Å². The lowest BCUT2D eigenvalue weighted by molar-refractivity contribution is -0.153. The second-order valence-electron chi connectivity index (χ2n) is 2.42. The zero-order valence-corrected chi connectivity index (χ0v) is 7.01. The molecule has 0 bridgehead atoms. The maximum atomic E-state index is 11.7. The fraction of sp³-hybridized carbons (Fsp3) is 0.286. The van der Waals surface area contributed by atoms with E-state index in [-0.39, 0.29) is 11.6 Å². The zero-order chi connectivity index (χ0) is 10.6. The van der Waals surface area contributed by atoms with Crippen LogP contribution < -0.4 is 16.0 Å². The summed E-state index contributed by atoms with van der Waals surface area (Å²) in [6.45, 7) is -1.33. The lowest BCUT2D eigenvalue weighted by Crippen LogP contribution is -2.19. The van der Waals surface area contributed by atoms with Crippen molar-refractivity contribution in [1.82, 2.24) is 4.98 Å². The van der Waals surface area contributed by atoms with Gasteiger partial charge in [0.15, 0.2) is 6.61 Å². The number of pyridine rings is 1. The van der Waals surface area contributed by atoms with Crippen molar-refractivity contribution in [2.45, 2.75) is 6.18 Å². The van der Waals surface area contributed by atoms with Gasteiger partial charge in [0.1, 0.15) is 11.6 Å². The van der Waals surface area contributed by atoms with E-state index < -0.39 is 12.8 Å². The number of ether oxygens (including phenoxy) is 1. The number of halogens is 3. The zero-order valence-electron chi connectivity index (χ0n) is 7.01. The number of hydrazine groups is 1. The van der Waals surface area contributed by atoms with Crippen LogP contribution in [0.5, 0.6) is 5.75 Å². The highest BCUT2D eigenvalue weighted by Crippen LogP contribution is 2.19. The van der Waals surface area contributed by atoms with Crippen molar-refractivity contribution in [2.24, 2.45) is 5.84 Å². The number of nitrogens with zero attached hydrogens (tertiary/aromatic N) is 1. The maximum absolute atomic E-state index is 11.7. The van der Waals surface area contributed by atoms with Crippen LogP contribution in [0, 0.1) is 0 Å². The van der Waals surface area contributed by atoms with Crippen LogP contribution in [0.3, 0.4) is 0 Å². The number of alkyl halides is 3. The Hall–Kier alpha value is -1.50. The summed E-state index contributed by atoms with van der Waals surface area (Å²) in [6.07, 6.45) is -3.06. The van der Waals surface area contributed by atoms with Crippen LogP contribution >= 0.6 is 0 Å². The van der Waals surface area contributed by atoms with E-state index in [1.54, 1.807) is 0 Å². The Morgan fingerprint density at radius 2 is 2.21 bits per heavy atom. The quantitative estimate of drug-likeness (QED) is 0.579. The molecule has 1 rings (SSSR count). The van der Waals surface area contributed by atoms with Gasteiger partial charge in [-0.1, -0.05) is 0 Å². The van der Waals surface area contributed by atoms with E-state index in [0.29, 0.717) is 0 Å². The second kappa shape index (κ2) is 4.14. The number of nitrogens with one attached hydrogen (secondary N) is 1. The minimum atomic E-state index is -4.35. The number of rotatable bonds is 3. The normalized spacial score (nSPS) is 11.1. The van der Waals surface area contributed by atoms with Gasteiger partial charge in [0.05, 0.1) is 0 Å². The third-order valence-corrected chi connectivity index (χ3v) is 1.28. The standard InChI is InChI=1S/C7H8F3N3O/c8-7(9,10)4-14-5-1-2-12-6(3-5)13-11/h1-3H,4,11H2,(H,12,13). The molecule has 0 saturated heterocycles. The molecule has 1 aromatic heterocycles. The van der Waals surface area contributed by atoms with Gasteiger partial charge in [0.2, 0.25) is 0 Å². The maximum Gasteiger partial charge on any atom is 0.422 e. The molecule has 0 aliphatic heterocycles. The molecule has 3 N–H and O–H groups in total. The number of nitrogens with two attached hydrogens (primary N) is 1. The Morgan fingerprint density at radius 3 is 2.79 bits per heavy atom. The van der Waals surface area contributed by atoms with Crippen molar-refractivity contribution >= 4 is 5.82 Å². The van der Waals surface area contributed by atoms with Gasteiger partial charge in [0, 0.05) is 12.3 Å². The van der Waals surface area contributed by atoms with E-state index >= 15 is 0 Å². The lowest BCUT2D eigenvalue weighted by Gasteiger charge is -2.09. The van der Waals surface area contributed by atoms with E-state index in [2.05, 4.69) is 15.1 Å². The molecule has 7 heteroatoms. The van der Waals surface area contributed by atoms with Crippen LogP contribution in [0.4, 0.5) is 19.0 Å². The molecular weight excluding hydrogens is 199 g/mol. The number of nitrogen functional groups attached to an aromatic ring is 1. The Kier molecular flexibility index (Phi) is 3.13. The highest BCUT2D eigenvalue weighted by Gasteiger charge is 2.28. The summed E-state index contributed by atoms with van der Waals surface area (Å²) in [4.78, 5) is 3.70. The molecule has 0 radical (unpaired) electrons. The molecule has 0 spiro atoms. The number of aromatic nitrogens is 1. The molecule has 0 aliphatic rings. The van der Waals surface area contributed by atoms with E-state index in [1.807, 2.05) is 0 Å². The lowest BCUT2D eigenvalue weighted by atomic mass is 10.4.